The predicted octanol–water partition coefficient (Wildman–Crippen LogP) is 3.35. The van der Waals surface area contributed by atoms with Crippen LogP contribution in [0.1, 0.15) is 19.4 Å². The van der Waals surface area contributed by atoms with E-state index in [2.05, 4.69) is 10.3 Å². The summed E-state index contributed by atoms with van der Waals surface area (Å²) in [7, 11) is 1.63. The maximum absolute atomic E-state index is 11.5. The lowest BCUT2D eigenvalue weighted by Gasteiger charge is -2.09. The first-order chi connectivity index (χ1) is 11.6. The van der Waals surface area contributed by atoms with Crippen LogP contribution in [0, 0.1) is 0 Å². The fourth-order valence-corrected chi connectivity index (χ4v) is 2.00. The molecule has 1 N–H and O–H groups in total. The topological polar surface area (TPSA) is 59.9 Å². The highest BCUT2D eigenvalue weighted by molar-refractivity contribution is 5.82. The number of carbonyl (C=O) groups is 1. The first-order valence-corrected chi connectivity index (χ1v) is 7.77. The fraction of sp³-hybridized carbons (Fsp3) is 0.263. The molecule has 0 saturated heterocycles. The SMILES string of the molecule is COc1cccc(N=Cc2ccc(OCC(=O)NC(C)C)cc2)c1. The molecule has 5 nitrogen and oxygen atoms in total. The number of carbonyl (C=O) groups excluding carboxylic acids is 1. The van der Waals surface area contributed by atoms with Crippen LogP contribution in [0.5, 0.6) is 11.5 Å². The third kappa shape index (κ3) is 5.76. The van der Waals surface area contributed by atoms with Gasteiger partial charge in [-0.25, -0.2) is 0 Å². The molecule has 0 aliphatic heterocycles. The van der Waals surface area contributed by atoms with Gasteiger partial charge in [-0.3, -0.25) is 9.79 Å². The third-order valence-corrected chi connectivity index (χ3v) is 3.12. The number of nitrogens with zero attached hydrogens (tertiary/aromatic N) is 1. The maximum atomic E-state index is 11.5. The zero-order valence-electron chi connectivity index (χ0n) is 14.2. The molecule has 0 aliphatic carbocycles. The Hall–Kier alpha value is -2.82. The van der Waals surface area contributed by atoms with E-state index in [-0.39, 0.29) is 18.6 Å². The number of hydrogen-bond acceptors (Lipinski definition) is 4. The molecule has 0 radical (unpaired) electrons. The van der Waals surface area contributed by atoms with Crippen LogP contribution < -0.4 is 14.8 Å². The zero-order chi connectivity index (χ0) is 17.4. The van der Waals surface area contributed by atoms with Crippen molar-refractivity contribution in [1.29, 1.82) is 0 Å². The van der Waals surface area contributed by atoms with Crippen molar-refractivity contribution >= 4 is 17.8 Å². The summed E-state index contributed by atoms with van der Waals surface area (Å²) >= 11 is 0. The van der Waals surface area contributed by atoms with Gasteiger partial charge in [-0.1, -0.05) is 6.07 Å². The molecule has 0 heterocycles. The Kier molecular flexibility index (Phi) is 6.37. The van der Waals surface area contributed by atoms with Gasteiger partial charge in [-0.15, -0.1) is 0 Å². The van der Waals surface area contributed by atoms with Gasteiger partial charge in [0.15, 0.2) is 6.61 Å². The van der Waals surface area contributed by atoms with Crippen LogP contribution in [0.25, 0.3) is 0 Å². The minimum absolute atomic E-state index is 0.00935. The molecule has 0 atom stereocenters. The molecule has 0 aliphatic rings. The van der Waals surface area contributed by atoms with Crippen LogP contribution in [0.3, 0.4) is 0 Å². The molecule has 2 rings (SSSR count). The second-order valence-electron chi connectivity index (χ2n) is 5.54. The molecule has 0 unspecified atom stereocenters. The van der Waals surface area contributed by atoms with Gasteiger partial charge in [0, 0.05) is 18.3 Å². The lowest BCUT2D eigenvalue weighted by atomic mass is 10.2. The lowest BCUT2D eigenvalue weighted by molar-refractivity contribution is -0.123. The van der Waals surface area contributed by atoms with Crippen molar-refractivity contribution in [3.05, 3.63) is 54.1 Å². The average Bonchev–Trinajstić information content (AvgIpc) is 2.58. The van der Waals surface area contributed by atoms with Gasteiger partial charge in [0.2, 0.25) is 0 Å². The molecular formula is C19H22N2O3. The van der Waals surface area contributed by atoms with Gasteiger partial charge in [0.05, 0.1) is 12.8 Å². The van der Waals surface area contributed by atoms with Gasteiger partial charge in [0.1, 0.15) is 11.5 Å². The van der Waals surface area contributed by atoms with E-state index in [0.717, 1.165) is 17.0 Å². The number of amides is 1. The highest BCUT2D eigenvalue weighted by atomic mass is 16.5. The molecule has 0 fully saturated rings. The van der Waals surface area contributed by atoms with E-state index in [1.807, 2.05) is 62.4 Å². The fourth-order valence-electron chi connectivity index (χ4n) is 2.00. The summed E-state index contributed by atoms with van der Waals surface area (Å²) in [5.74, 6) is 1.29. The number of aliphatic imine (C=N–C) groups is 1. The van der Waals surface area contributed by atoms with E-state index in [9.17, 15) is 4.79 Å². The summed E-state index contributed by atoms with van der Waals surface area (Å²) in [4.78, 5) is 15.9. The van der Waals surface area contributed by atoms with Gasteiger partial charge < -0.3 is 14.8 Å². The van der Waals surface area contributed by atoms with E-state index in [0.29, 0.717) is 5.75 Å². The Labute approximate surface area is 142 Å². The largest absolute Gasteiger partial charge is 0.497 e. The van der Waals surface area contributed by atoms with Gasteiger partial charge in [0.25, 0.3) is 5.91 Å². The maximum Gasteiger partial charge on any atom is 0.258 e. The van der Waals surface area contributed by atoms with Crippen molar-refractivity contribution in [2.75, 3.05) is 13.7 Å². The second-order valence-corrected chi connectivity index (χ2v) is 5.54. The molecule has 2 aromatic carbocycles. The van der Waals surface area contributed by atoms with E-state index in [4.69, 9.17) is 9.47 Å². The summed E-state index contributed by atoms with van der Waals surface area (Å²) in [6, 6.07) is 15.1. The minimum Gasteiger partial charge on any atom is -0.497 e. The molecule has 0 saturated carbocycles. The molecule has 24 heavy (non-hydrogen) atoms. The molecule has 0 aromatic heterocycles. The van der Waals surface area contributed by atoms with Crippen molar-refractivity contribution in [2.24, 2.45) is 4.99 Å². The summed E-state index contributed by atoms with van der Waals surface area (Å²) < 4.78 is 10.6. The molecule has 2 aromatic rings. The van der Waals surface area contributed by atoms with Gasteiger partial charge >= 0.3 is 0 Å². The van der Waals surface area contributed by atoms with Crippen molar-refractivity contribution < 1.29 is 14.3 Å². The third-order valence-electron chi connectivity index (χ3n) is 3.12. The molecular weight excluding hydrogens is 304 g/mol. The number of benzene rings is 2. The van der Waals surface area contributed by atoms with Crippen LogP contribution in [0.4, 0.5) is 5.69 Å². The second kappa shape index (κ2) is 8.72. The van der Waals surface area contributed by atoms with Crippen molar-refractivity contribution in [1.82, 2.24) is 5.32 Å². The predicted molar refractivity (Wildman–Crippen MR) is 95.5 cm³/mol. The van der Waals surface area contributed by atoms with E-state index >= 15 is 0 Å². The van der Waals surface area contributed by atoms with E-state index in [1.165, 1.54) is 0 Å². The Morgan fingerprint density at radius 1 is 1.17 bits per heavy atom. The van der Waals surface area contributed by atoms with Crippen LogP contribution in [-0.2, 0) is 4.79 Å². The Balaban J connectivity index is 1.91. The number of hydrogen-bond donors (Lipinski definition) is 1. The summed E-state index contributed by atoms with van der Waals surface area (Å²) in [6.07, 6.45) is 1.77. The molecule has 1 amide bonds. The van der Waals surface area contributed by atoms with Crippen molar-refractivity contribution in [3.8, 4) is 11.5 Å². The first-order valence-electron chi connectivity index (χ1n) is 7.77. The van der Waals surface area contributed by atoms with Crippen LogP contribution in [0.2, 0.25) is 0 Å². The smallest absolute Gasteiger partial charge is 0.258 e. The summed E-state index contributed by atoms with van der Waals surface area (Å²) in [5, 5.41) is 2.78. The van der Waals surface area contributed by atoms with Crippen LogP contribution in [0.15, 0.2) is 53.5 Å². The minimum atomic E-state index is -0.131. The van der Waals surface area contributed by atoms with Crippen molar-refractivity contribution in [2.45, 2.75) is 19.9 Å². The van der Waals surface area contributed by atoms with E-state index in [1.54, 1.807) is 13.3 Å². The monoisotopic (exact) mass is 326 g/mol. The summed E-state index contributed by atoms with van der Waals surface area (Å²) in [5.41, 5.74) is 1.76. The van der Waals surface area contributed by atoms with Crippen LogP contribution >= 0.6 is 0 Å². The molecule has 0 bridgehead atoms. The number of ether oxygens (including phenoxy) is 2. The molecule has 126 valence electrons. The highest BCUT2D eigenvalue weighted by Gasteiger charge is 2.04. The van der Waals surface area contributed by atoms with Crippen molar-refractivity contribution in [3.63, 3.8) is 0 Å². The Bertz CT molecular complexity index is 694. The Morgan fingerprint density at radius 2 is 1.92 bits per heavy atom. The first kappa shape index (κ1) is 17.5. The normalized spacial score (nSPS) is 10.8. The number of rotatable bonds is 7. The number of methoxy groups -OCH3 is 1. The van der Waals surface area contributed by atoms with Gasteiger partial charge in [-0.2, -0.15) is 0 Å². The van der Waals surface area contributed by atoms with Crippen LogP contribution in [-0.4, -0.2) is 31.9 Å². The summed E-state index contributed by atoms with van der Waals surface area (Å²) in [6.45, 7) is 3.83. The molecule has 5 heteroatoms. The molecule has 0 spiro atoms. The van der Waals surface area contributed by atoms with Gasteiger partial charge in [-0.05, 0) is 55.8 Å². The van der Waals surface area contributed by atoms with E-state index < -0.39 is 0 Å². The standard InChI is InChI=1S/C19H22N2O3/c1-14(2)21-19(22)13-24-17-9-7-15(8-10-17)12-20-16-5-4-6-18(11-16)23-3/h4-12,14H,13H2,1-3H3,(H,21,22). The lowest BCUT2D eigenvalue weighted by Crippen LogP contribution is -2.34. The highest BCUT2D eigenvalue weighted by Crippen LogP contribution is 2.19. The Morgan fingerprint density at radius 3 is 2.58 bits per heavy atom. The quantitative estimate of drug-likeness (QED) is 0.794. The zero-order valence-corrected chi connectivity index (χ0v) is 14.2. The number of nitrogens with one attached hydrogen (secondary N) is 1. The average molecular weight is 326 g/mol.